The van der Waals surface area contributed by atoms with Gasteiger partial charge in [-0.3, -0.25) is 9.59 Å². The van der Waals surface area contributed by atoms with E-state index in [9.17, 15) is 14.7 Å². The summed E-state index contributed by atoms with van der Waals surface area (Å²) in [6.45, 7) is 0. The molecule has 17 heavy (non-hydrogen) atoms. The molecule has 90 valence electrons. The number of carboxylic acid groups (broad SMARTS) is 2. The Morgan fingerprint density at radius 3 is 2.59 bits per heavy atom. The number of aryl methyl sites for hydroxylation is 1. The topological polar surface area (TPSA) is 74.6 Å². The predicted octanol–water partition coefficient (Wildman–Crippen LogP) is 1.82. The maximum Gasteiger partial charge on any atom is 0.314 e. The molecule has 1 unspecified atom stereocenters. The average Bonchev–Trinajstić information content (AvgIpc) is 2.28. The molecule has 1 aromatic carbocycles. The second-order valence-corrected chi connectivity index (χ2v) is 4.47. The van der Waals surface area contributed by atoms with Gasteiger partial charge in [0.25, 0.3) is 0 Å². The Balaban J connectivity index is 2.55. The van der Waals surface area contributed by atoms with Gasteiger partial charge in [0.05, 0.1) is 6.42 Å². The van der Waals surface area contributed by atoms with Crippen LogP contribution >= 0.6 is 0 Å². The second-order valence-electron chi connectivity index (χ2n) is 4.47. The molecule has 0 amide bonds. The number of hydrogen-bond acceptors (Lipinski definition) is 2. The molecule has 2 rings (SSSR count). The first-order valence-electron chi connectivity index (χ1n) is 5.60. The monoisotopic (exact) mass is 234 g/mol. The molecule has 0 spiro atoms. The average molecular weight is 234 g/mol. The van der Waals surface area contributed by atoms with Gasteiger partial charge in [0.2, 0.25) is 0 Å². The zero-order valence-corrected chi connectivity index (χ0v) is 9.35. The van der Waals surface area contributed by atoms with Crippen molar-refractivity contribution in [2.75, 3.05) is 0 Å². The molecule has 0 fully saturated rings. The molecule has 1 aromatic rings. The first-order valence-corrected chi connectivity index (χ1v) is 5.60. The molecule has 1 aliphatic rings. The van der Waals surface area contributed by atoms with E-state index >= 15 is 0 Å². The molecule has 1 atom stereocenters. The Hall–Kier alpha value is -1.84. The molecule has 0 heterocycles. The van der Waals surface area contributed by atoms with E-state index < -0.39 is 17.4 Å². The van der Waals surface area contributed by atoms with Crippen molar-refractivity contribution in [3.8, 4) is 0 Å². The minimum absolute atomic E-state index is 0.348. The molecule has 0 aliphatic heterocycles. The Bertz CT molecular complexity index is 466. The predicted molar refractivity (Wildman–Crippen MR) is 60.9 cm³/mol. The van der Waals surface area contributed by atoms with Crippen LogP contribution in [-0.4, -0.2) is 22.2 Å². The van der Waals surface area contributed by atoms with Crippen molar-refractivity contribution < 1.29 is 19.8 Å². The van der Waals surface area contributed by atoms with Crippen molar-refractivity contribution in [3.05, 3.63) is 35.4 Å². The normalized spacial score (nSPS) is 22.8. The van der Waals surface area contributed by atoms with Crippen molar-refractivity contribution in [3.63, 3.8) is 0 Å². The minimum Gasteiger partial charge on any atom is -0.481 e. The SMILES string of the molecule is O=C(O)CC1(C(=O)O)CCCc2ccccc21. The van der Waals surface area contributed by atoms with Gasteiger partial charge in [0.15, 0.2) is 0 Å². The Labute approximate surface area is 98.9 Å². The van der Waals surface area contributed by atoms with Crippen LogP contribution in [0, 0.1) is 0 Å². The molecular weight excluding hydrogens is 220 g/mol. The lowest BCUT2D eigenvalue weighted by Gasteiger charge is -2.34. The molecule has 1 aliphatic carbocycles. The summed E-state index contributed by atoms with van der Waals surface area (Å²) in [6, 6.07) is 7.25. The van der Waals surface area contributed by atoms with Crippen LogP contribution in [-0.2, 0) is 21.4 Å². The quantitative estimate of drug-likeness (QED) is 0.836. The highest BCUT2D eigenvalue weighted by Gasteiger charge is 2.45. The smallest absolute Gasteiger partial charge is 0.314 e. The fourth-order valence-corrected chi connectivity index (χ4v) is 2.66. The van der Waals surface area contributed by atoms with E-state index in [1.54, 1.807) is 12.1 Å². The van der Waals surface area contributed by atoms with Crippen LogP contribution < -0.4 is 0 Å². The number of hydrogen-bond donors (Lipinski definition) is 2. The van der Waals surface area contributed by atoms with Crippen LogP contribution in [0.5, 0.6) is 0 Å². The fraction of sp³-hybridized carbons (Fsp3) is 0.385. The summed E-state index contributed by atoms with van der Waals surface area (Å²) in [7, 11) is 0. The standard InChI is InChI=1S/C13H14O4/c14-11(15)8-13(12(16)17)7-3-5-9-4-1-2-6-10(9)13/h1-2,4,6H,3,5,7-8H2,(H,14,15)(H,16,17). The zero-order chi connectivity index (χ0) is 12.5. The molecule has 2 N–H and O–H groups in total. The highest BCUT2D eigenvalue weighted by molar-refractivity contribution is 5.87. The number of aliphatic carboxylic acids is 2. The summed E-state index contributed by atoms with van der Waals surface area (Å²) in [5.74, 6) is -2.10. The van der Waals surface area contributed by atoms with Gasteiger partial charge in [-0.2, -0.15) is 0 Å². The highest BCUT2D eigenvalue weighted by Crippen LogP contribution is 2.40. The maximum absolute atomic E-state index is 11.5. The third kappa shape index (κ3) is 1.90. The molecule has 0 saturated heterocycles. The first-order chi connectivity index (χ1) is 8.06. The summed E-state index contributed by atoms with van der Waals surface area (Å²) in [5.41, 5.74) is 0.379. The Morgan fingerprint density at radius 1 is 1.24 bits per heavy atom. The summed E-state index contributed by atoms with van der Waals surface area (Å²) < 4.78 is 0. The number of carbonyl (C=O) groups is 2. The van der Waals surface area contributed by atoms with Crippen molar-refractivity contribution in [1.82, 2.24) is 0 Å². The summed E-state index contributed by atoms with van der Waals surface area (Å²) in [4.78, 5) is 22.4. The van der Waals surface area contributed by atoms with Gasteiger partial charge < -0.3 is 10.2 Å². The van der Waals surface area contributed by atoms with E-state index in [4.69, 9.17) is 5.11 Å². The van der Waals surface area contributed by atoms with Gasteiger partial charge in [-0.15, -0.1) is 0 Å². The van der Waals surface area contributed by atoms with E-state index in [2.05, 4.69) is 0 Å². The van der Waals surface area contributed by atoms with Crippen molar-refractivity contribution in [2.24, 2.45) is 0 Å². The molecular formula is C13H14O4. The highest BCUT2D eigenvalue weighted by atomic mass is 16.4. The number of benzene rings is 1. The van der Waals surface area contributed by atoms with E-state index in [1.165, 1.54) is 0 Å². The Kier molecular flexibility index (Phi) is 2.88. The largest absolute Gasteiger partial charge is 0.481 e. The van der Waals surface area contributed by atoms with Gasteiger partial charge in [0.1, 0.15) is 5.41 Å². The summed E-state index contributed by atoms with van der Waals surface area (Å²) in [5, 5.41) is 18.4. The van der Waals surface area contributed by atoms with Crippen LogP contribution in [0.4, 0.5) is 0 Å². The third-order valence-electron chi connectivity index (χ3n) is 3.44. The molecule has 0 bridgehead atoms. The van der Waals surface area contributed by atoms with Crippen molar-refractivity contribution in [1.29, 1.82) is 0 Å². The molecule has 0 saturated carbocycles. The number of carboxylic acids is 2. The maximum atomic E-state index is 11.5. The van der Waals surface area contributed by atoms with Crippen molar-refractivity contribution in [2.45, 2.75) is 31.1 Å². The molecule has 0 radical (unpaired) electrons. The Morgan fingerprint density at radius 2 is 1.94 bits per heavy atom. The van der Waals surface area contributed by atoms with Gasteiger partial charge in [0, 0.05) is 0 Å². The van der Waals surface area contributed by atoms with E-state index in [-0.39, 0.29) is 6.42 Å². The van der Waals surface area contributed by atoms with Crippen LogP contribution in [0.25, 0.3) is 0 Å². The van der Waals surface area contributed by atoms with Crippen LogP contribution in [0.3, 0.4) is 0 Å². The first kappa shape index (κ1) is 11.6. The lowest BCUT2D eigenvalue weighted by atomic mass is 9.68. The molecule has 4 heteroatoms. The number of rotatable bonds is 3. The third-order valence-corrected chi connectivity index (χ3v) is 3.44. The van der Waals surface area contributed by atoms with Gasteiger partial charge in [-0.05, 0) is 30.4 Å². The second kappa shape index (κ2) is 4.20. The van der Waals surface area contributed by atoms with Crippen molar-refractivity contribution >= 4 is 11.9 Å². The molecule has 0 aromatic heterocycles. The van der Waals surface area contributed by atoms with E-state index in [0.29, 0.717) is 12.0 Å². The van der Waals surface area contributed by atoms with Gasteiger partial charge >= 0.3 is 11.9 Å². The van der Waals surface area contributed by atoms with Crippen LogP contribution in [0.2, 0.25) is 0 Å². The summed E-state index contributed by atoms with van der Waals surface area (Å²) in [6.07, 6.45) is 1.59. The minimum atomic E-state index is -1.25. The summed E-state index contributed by atoms with van der Waals surface area (Å²) >= 11 is 0. The zero-order valence-electron chi connectivity index (χ0n) is 9.35. The van der Waals surface area contributed by atoms with Gasteiger partial charge in [-0.25, -0.2) is 0 Å². The number of fused-ring (bicyclic) bond motifs is 1. The van der Waals surface area contributed by atoms with Crippen LogP contribution in [0.1, 0.15) is 30.4 Å². The fourth-order valence-electron chi connectivity index (χ4n) is 2.66. The van der Waals surface area contributed by atoms with Gasteiger partial charge in [-0.1, -0.05) is 24.3 Å². The lowest BCUT2D eigenvalue weighted by molar-refractivity contribution is -0.151. The molecule has 4 nitrogen and oxygen atoms in total. The van der Waals surface area contributed by atoms with E-state index in [1.807, 2.05) is 12.1 Å². The van der Waals surface area contributed by atoms with Crippen LogP contribution in [0.15, 0.2) is 24.3 Å². The van der Waals surface area contributed by atoms with E-state index in [0.717, 1.165) is 18.4 Å². The lowest BCUT2D eigenvalue weighted by Crippen LogP contribution is -2.41.